The van der Waals surface area contributed by atoms with E-state index >= 15 is 0 Å². The number of para-hydroxylation sites is 1. The van der Waals surface area contributed by atoms with Gasteiger partial charge in [0, 0.05) is 54.0 Å². The number of hydrogen-bond acceptors (Lipinski definition) is 2. The number of H-pyrrole nitrogens is 1. The smallest absolute Gasteiger partial charge is 0.112 e. The van der Waals surface area contributed by atoms with Gasteiger partial charge in [0.05, 0.1) is 0 Å². The summed E-state index contributed by atoms with van der Waals surface area (Å²) < 4.78 is 2.55. The number of hydrogen-bond donors (Lipinski definition) is 1. The van der Waals surface area contributed by atoms with E-state index in [4.69, 9.17) is 4.98 Å². The number of piperidine rings is 1. The number of aryl methyl sites for hydroxylation is 1. The van der Waals surface area contributed by atoms with Crippen LogP contribution in [0.4, 0.5) is 0 Å². The topological polar surface area (TPSA) is 36.9 Å². The Morgan fingerprint density at radius 3 is 2.96 bits per heavy atom. The van der Waals surface area contributed by atoms with Gasteiger partial charge in [-0.2, -0.15) is 0 Å². The molecule has 2 fully saturated rings. The summed E-state index contributed by atoms with van der Waals surface area (Å²) in [6, 6.07) is 9.20. The highest BCUT2D eigenvalue weighted by Gasteiger charge is 2.32. The third kappa shape index (κ3) is 2.78. The monoisotopic (exact) mass is 334 g/mol. The average molecular weight is 334 g/mol. The molecule has 0 spiro atoms. The van der Waals surface area contributed by atoms with Gasteiger partial charge in [-0.15, -0.1) is 0 Å². The molecule has 1 saturated carbocycles. The number of rotatable bonds is 4. The van der Waals surface area contributed by atoms with Crippen LogP contribution in [0.2, 0.25) is 0 Å². The molecule has 5 rings (SSSR count). The van der Waals surface area contributed by atoms with E-state index in [0.29, 0.717) is 6.04 Å². The summed E-state index contributed by atoms with van der Waals surface area (Å²) in [5, 5.41) is 1.36. The van der Waals surface area contributed by atoms with Crippen LogP contribution in [0.3, 0.4) is 0 Å². The van der Waals surface area contributed by atoms with Crippen molar-refractivity contribution in [3.63, 3.8) is 0 Å². The van der Waals surface area contributed by atoms with Crippen LogP contribution in [0.15, 0.2) is 36.7 Å². The second-order valence-corrected chi connectivity index (χ2v) is 7.79. The van der Waals surface area contributed by atoms with E-state index in [9.17, 15) is 0 Å². The van der Waals surface area contributed by atoms with Crippen molar-refractivity contribution in [3.05, 3.63) is 53.7 Å². The van der Waals surface area contributed by atoms with Gasteiger partial charge in [0.2, 0.25) is 0 Å². The molecule has 0 radical (unpaired) electrons. The molecule has 4 nitrogen and oxygen atoms in total. The molecule has 0 amide bonds. The Hall–Kier alpha value is -2.07. The summed E-state index contributed by atoms with van der Waals surface area (Å²) >= 11 is 0. The highest BCUT2D eigenvalue weighted by Crippen LogP contribution is 2.41. The molecule has 1 aromatic carbocycles. The zero-order valence-electron chi connectivity index (χ0n) is 14.9. The van der Waals surface area contributed by atoms with Gasteiger partial charge in [0.1, 0.15) is 5.82 Å². The van der Waals surface area contributed by atoms with E-state index in [2.05, 4.69) is 58.0 Å². The summed E-state index contributed by atoms with van der Waals surface area (Å²) in [5.74, 6) is 2.06. The van der Waals surface area contributed by atoms with Crippen LogP contribution in [0.1, 0.15) is 54.7 Å². The molecule has 2 aliphatic rings. The minimum Gasteiger partial charge on any atom is -0.361 e. The summed E-state index contributed by atoms with van der Waals surface area (Å²) in [7, 11) is 0. The van der Waals surface area contributed by atoms with Crippen LogP contribution in [0, 0.1) is 6.92 Å². The van der Waals surface area contributed by atoms with Crippen molar-refractivity contribution < 1.29 is 0 Å². The van der Waals surface area contributed by atoms with Crippen LogP contribution in [0.5, 0.6) is 0 Å². The minimum atomic E-state index is 0.581. The SMILES string of the molecule is Cc1cnc(C2CC2)n1C1CCCN(Cc2c[nH]c3ccccc23)C1. The van der Waals surface area contributed by atoms with E-state index < -0.39 is 0 Å². The van der Waals surface area contributed by atoms with E-state index in [0.717, 1.165) is 19.0 Å². The molecular weight excluding hydrogens is 308 g/mol. The lowest BCUT2D eigenvalue weighted by atomic mass is 10.0. The van der Waals surface area contributed by atoms with Gasteiger partial charge in [-0.1, -0.05) is 18.2 Å². The number of aromatic amines is 1. The molecule has 3 aromatic rings. The fraction of sp³-hybridized carbons (Fsp3) is 0.476. The van der Waals surface area contributed by atoms with Gasteiger partial charge < -0.3 is 9.55 Å². The van der Waals surface area contributed by atoms with Gasteiger partial charge in [-0.05, 0) is 50.8 Å². The second-order valence-electron chi connectivity index (χ2n) is 7.79. The predicted octanol–water partition coefficient (Wildman–Crippen LogP) is 4.39. The number of nitrogens with zero attached hydrogens (tertiary/aromatic N) is 3. The molecule has 2 aromatic heterocycles. The first-order valence-corrected chi connectivity index (χ1v) is 9.60. The molecule has 1 N–H and O–H groups in total. The number of fused-ring (bicyclic) bond motifs is 1. The first kappa shape index (κ1) is 15.2. The summed E-state index contributed by atoms with van der Waals surface area (Å²) in [6.45, 7) is 5.59. The molecule has 1 atom stereocenters. The third-order valence-corrected chi connectivity index (χ3v) is 5.87. The van der Waals surface area contributed by atoms with Crippen LogP contribution in [-0.4, -0.2) is 32.5 Å². The van der Waals surface area contributed by atoms with Gasteiger partial charge in [-0.3, -0.25) is 4.90 Å². The molecule has 4 heteroatoms. The molecule has 25 heavy (non-hydrogen) atoms. The molecule has 130 valence electrons. The highest BCUT2D eigenvalue weighted by molar-refractivity contribution is 5.82. The number of nitrogens with one attached hydrogen (secondary N) is 1. The Kier molecular flexibility index (Phi) is 3.66. The van der Waals surface area contributed by atoms with Crippen molar-refractivity contribution in [2.45, 2.75) is 51.1 Å². The Labute approximate surface area is 148 Å². The van der Waals surface area contributed by atoms with Crippen LogP contribution >= 0.6 is 0 Å². The fourth-order valence-corrected chi connectivity index (χ4v) is 4.47. The molecule has 1 unspecified atom stereocenters. The van der Waals surface area contributed by atoms with E-state index in [1.807, 2.05) is 0 Å². The number of likely N-dealkylation sites (tertiary alicyclic amines) is 1. The summed E-state index contributed by atoms with van der Waals surface area (Å²) in [4.78, 5) is 10.8. The molecule has 1 saturated heterocycles. The van der Waals surface area contributed by atoms with Crippen molar-refractivity contribution >= 4 is 10.9 Å². The van der Waals surface area contributed by atoms with E-state index in [1.165, 1.54) is 60.2 Å². The standard InChI is InChI=1S/C21H26N4/c1-15-11-23-21(16-8-9-16)25(15)18-5-4-10-24(14-18)13-17-12-22-20-7-3-2-6-19(17)20/h2-3,6-7,11-12,16,18,22H,4-5,8-10,13-14H2,1H3. The van der Waals surface area contributed by atoms with Gasteiger partial charge in [-0.25, -0.2) is 4.98 Å². The quantitative estimate of drug-likeness (QED) is 0.768. The van der Waals surface area contributed by atoms with Crippen molar-refractivity contribution in [2.24, 2.45) is 0 Å². The number of imidazole rings is 1. The summed E-state index contributed by atoms with van der Waals surface area (Å²) in [6.07, 6.45) is 9.46. The molecular formula is C21H26N4. The van der Waals surface area contributed by atoms with E-state index in [-0.39, 0.29) is 0 Å². The number of aromatic nitrogens is 3. The maximum absolute atomic E-state index is 4.73. The first-order valence-electron chi connectivity index (χ1n) is 9.60. The Morgan fingerprint density at radius 2 is 2.08 bits per heavy atom. The predicted molar refractivity (Wildman–Crippen MR) is 101 cm³/mol. The van der Waals surface area contributed by atoms with Crippen LogP contribution in [0.25, 0.3) is 10.9 Å². The minimum absolute atomic E-state index is 0.581. The van der Waals surface area contributed by atoms with Crippen molar-refractivity contribution in [1.29, 1.82) is 0 Å². The lowest BCUT2D eigenvalue weighted by Gasteiger charge is -2.34. The maximum Gasteiger partial charge on any atom is 0.112 e. The zero-order chi connectivity index (χ0) is 16.8. The lowest BCUT2D eigenvalue weighted by Crippen LogP contribution is -2.36. The third-order valence-electron chi connectivity index (χ3n) is 5.87. The summed E-state index contributed by atoms with van der Waals surface area (Å²) in [5.41, 5.74) is 3.99. The highest BCUT2D eigenvalue weighted by atomic mass is 15.2. The lowest BCUT2D eigenvalue weighted by molar-refractivity contribution is 0.168. The first-order chi connectivity index (χ1) is 12.3. The Morgan fingerprint density at radius 1 is 1.20 bits per heavy atom. The second kappa shape index (κ2) is 6.03. The zero-order valence-corrected chi connectivity index (χ0v) is 14.9. The van der Waals surface area contributed by atoms with Crippen molar-refractivity contribution in [3.8, 4) is 0 Å². The van der Waals surface area contributed by atoms with Crippen molar-refractivity contribution in [2.75, 3.05) is 13.1 Å². The molecule has 1 aliphatic carbocycles. The molecule has 1 aliphatic heterocycles. The van der Waals surface area contributed by atoms with E-state index in [1.54, 1.807) is 0 Å². The normalized spacial score (nSPS) is 21.9. The molecule has 0 bridgehead atoms. The van der Waals surface area contributed by atoms with Gasteiger partial charge in [0.15, 0.2) is 0 Å². The maximum atomic E-state index is 4.73. The van der Waals surface area contributed by atoms with Gasteiger partial charge >= 0.3 is 0 Å². The largest absolute Gasteiger partial charge is 0.361 e. The Bertz CT molecular complexity index is 886. The van der Waals surface area contributed by atoms with Crippen LogP contribution in [-0.2, 0) is 6.54 Å². The van der Waals surface area contributed by atoms with Gasteiger partial charge in [0.25, 0.3) is 0 Å². The number of benzene rings is 1. The average Bonchev–Trinajstić information content (AvgIpc) is 3.30. The molecule has 3 heterocycles. The fourth-order valence-electron chi connectivity index (χ4n) is 4.47. The van der Waals surface area contributed by atoms with Crippen LogP contribution < -0.4 is 0 Å². The van der Waals surface area contributed by atoms with Crippen molar-refractivity contribution in [1.82, 2.24) is 19.4 Å². The Balaban J connectivity index is 1.37.